The van der Waals surface area contributed by atoms with Crippen molar-refractivity contribution in [2.24, 2.45) is 11.1 Å². The van der Waals surface area contributed by atoms with Crippen LogP contribution in [0.4, 0.5) is 4.39 Å². The lowest BCUT2D eigenvalue weighted by atomic mass is 9.78. The molecular weight excluding hydrogens is 503 g/mol. The highest BCUT2D eigenvalue weighted by atomic mass is 35.5. The van der Waals surface area contributed by atoms with E-state index >= 15 is 0 Å². The fourth-order valence-electron chi connectivity index (χ4n) is 4.88. The molecule has 1 amide bonds. The third kappa shape index (κ3) is 6.06. The van der Waals surface area contributed by atoms with E-state index in [1.54, 1.807) is 24.3 Å². The second-order valence-corrected chi connectivity index (χ2v) is 11.5. The Morgan fingerprint density at radius 2 is 1.86 bits per heavy atom. The molecule has 9 heteroatoms. The molecule has 0 bridgehead atoms. The van der Waals surface area contributed by atoms with E-state index in [2.05, 4.69) is 4.72 Å². The summed E-state index contributed by atoms with van der Waals surface area (Å²) in [5, 5.41) is 0.407. The third-order valence-corrected chi connectivity index (χ3v) is 7.66. The third-order valence-electron chi connectivity index (χ3n) is 6.57. The molecule has 0 saturated heterocycles. The molecule has 0 heterocycles. The van der Waals surface area contributed by atoms with E-state index in [1.807, 2.05) is 36.4 Å². The highest BCUT2D eigenvalue weighted by Gasteiger charge is 2.44. The standard InChI is InChI=1S/C27H28ClFN2O4S/c1-36(33,34)31-20-12-13-27(16-20,26(30)32)15-19-10-11-23(28)22(14-19)21-8-5-9-24(29)25(21)35-17-18-6-3-2-4-7-18/h2-11,14,20,31H,12-13,15-17H2,1H3,(H2,30,32)/t20-,27+/m0/s1. The molecule has 3 aromatic carbocycles. The van der Waals surface area contributed by atoms with Crippen molar-refractivity contribution in [1.29, 1.82) is 0 Å². The molecule has 6 nitrogen and oxygen atoms in total. The molecule has 36 heavy (non-hydrogen) atoms. The zero-order valence-corrected chi connectivity index (χ0v) is 21.4. The van der Waals surface area contributed by atoms with E-state index in [-0.39, 0.29) is 18.4 Å². The van der Waals surface area contributed by atoms with Crippen LogP contribution in [-0.4, -0.2) is 26.6 Å². The lowest BCUT2D eigenvalue weighted by Crippen LogP contribution is -2.40. The minimum atomic E-state index is -3.41. The van der Waals surface area contributed by atoms with E-state index in [9.17, 15) is 17.6 Å². The topological polar surface area (TPSA) is 98.5 Å². The van der Waals surface area contributed by atoms with Crippen LogP contribution in [0.1, 0.15) is 30.4 Å². The van der Waals surface area contributed by atoms with Gasteiger partial charge in [0.2, 0.25) is 15.9 Å². The number of nitrogens with two attached hydrogens (primary N) is 1. The van der Waals surface area contributed by atoms with Crippen molar-refractivity contribution in [3.05, 3.63) is 88.7 Å². The van der Waals surface area contributed by atoms with E-state index in [4.69, 9.17) is 22.1 Å². The lowest BCUT2D eigenvalue weighted by molar-refractivity contribution is -0.127. The van der Waals surface area contributed by atoms with Gasteiger partial charge in [-0.3, -0.25) is 4.79 Å². The maximum absolute atomic E-state index is 14.9. The average molecular weight is 531 g/mol. The van der Waals surface area contributed by atoms with Crippen molar-refractivity contribution >= 4 is 27.5 Å². The predicted molar refractivity (Wildman–Crippen MR) is 139 cm³/mol. The summed E-state index contributed by atoms with van der Waals surface area (Å²) in [5.74, 6) is -0.901. The first-order valence-electron chi connectivity index (χ1n) is 11.6. The van der Waals surface area contributed by atoms with Gasteiger partial charge in [-0.2, -0.15) is 0 Å². The number of amides is 1. The van der Waals surface area contributed by atoms with Crippen LogP contribution in [0.5, 0.6) is 5.75 Å². The minimum Gasteiger partial charge on any atom is -0.485 e. The van der Waals surface area contributed by atoms with E-state index in [0.29, 0.717) is 41.8 Å². The molecular formula is C27H28ClFN2O4S. The number of hydrogen-bond donors (Lipinski definition) is 2. The van der Waals surface area contributed by atoms with Gasteiger partial charge in [-0.25, -0.2) is 17.5 Å². The quantitative estimate of drug-likeness (QED) is 0.413. The number of primary amides is 1. The highest BCUT2D eigenvalue weighted by molar-refractivity contribution is 7.88. The number of halogens is 2. The summed E-state index contributed by atoms with van der Waals surface area (Å²) in [6, 6.07) is 19.1. The first-order chi connectivity index (χ1) is 17.1. The molecule has 0 aliphatic heterocycles. The monoisotopic (exact) mass is 530 g/mol. The maximum Gasteiger partial charge on any atom is 0.224 e. The van der Waals surface area contributed by atoms with Gasteiger partial charge in [0.25, 0.3) is 0 Å². The van der Waals surface area contributed by atoms with Gasteiger partial charge in [0.15, 0.2) is 11.6 Å². The van der Waals surface area contributed by atoms with Crippen molar-refractivity contribution in [3.63, 3.8) is 0 Å². The van der Waals surface area contributed by atoms with Crippen LogP contribution in [0.15, 0.2) is 66.7 Å². The van der Waals surface area contributed by atoms with E-state index in [1.165, 1.54) is 6.07 Å². The predicted octanol–water partition coefficient (Wildman–Crippen LogP) is 4.84. The summed E-state index contributed by atoms with van der Waals surface area (Å²) in [5.41, 5.74) is 7.66. The van der Waals surface area contributed by atoms with Gasteiger partial charge in [0, 0.05) is 22.2 Å². The number of carbonyl (C=O) groups is 1. The van der Waals surface area contributed by atoms with Crippen molar-refractivity contribution in [2.45, 2.75) is 38.3 Å². The highest BCUT2D eigenvalue weighted by Crippen LogP contribution is 2.43. The molecule has 4 rings (SSSR count). The Labute approximate surface area is 215 Å². The number of rotatable bonds is 9. The summed E-state index contributed by atoms with van der Waals surface area (Å²) in [7, 11) is -3.41. The zero-order valence-electron chi connectivity index (χ0n) is 19.8. The van der Waals surface area contributed by atoms with Gasteiger partial charge in [0.05, 0.1) is 11.7 Å². The fourth-order valence-corrected chi connectivity index (χ4v) is 5.90. The Morgan fingerprint density at radius 1 is 1.11 bits per heavy atom. The Hall–Kier alpha value is -2.94. The van der Waals surface area contributed by atoms with Crippen LogP contribution in [0.3, 0.4) is 0 Å². The number of ether oxygens (including phenoxy) is 1. The Bertz CT molecular complexity index is 1370. The molecule has 1 fully saturated rings. The van der Waals surface area contributed by atoms with Crippen LogP contribution >= 0.6 is 11.6 Å². The first-order valence-corrected chi connectivity index (χ1v) is 13.8. The van der Waals surface area contributed by atoms with Crippen LogP contribution in [0, 0.1) is 11.2 Å². The summed E-state index contributed by atoms with van der Waals surface area (Å²) in [6.07, 6.45) is 2.68. The number of sulfonamides is 1. The van der Waals surface area contributed by atoms with Gasteiger partial charge in [0.1, 0.15) is 6.61 Å². The van der Waals surface area contributed by atoms with Crippen LogP contribution in [0.2, 0.25) is 5.02 Å². The van der Waals surface area contributed by atoms with Gasteiger partial charge >= 0.3 is 0 Å². The van der Waals surface area contributed by atoms with Crippen molar-refractivity contribution in [2.75, 3.05) is 6.26 Å². The van der Waals surface area contributed by atoms with Crippen LogP contribution in [0.25, 0.3) is 11.1 Å². The molecule has 0 radical (unpaired) electrons. The van der Waals surface area contributed by atoms with Gasteiger partial charge in [-0.15, -0.1) is 0 Å². The molecule has 0 unspecified atom stereocenters. The van der Waals surface area contributed by atoms with Crippen molar-refractivity contribution < 1.29 is 22.3 Å². The fraction of sp³-hybridized carbons (Fsp3) is 0.296. The van der Waals surface area contributed by atoms with Crippen LogP contribution < -0.4 is 15.2 Å². The first kappa shape index (κ1) is 26.1. The number of carbonyl (C=O) groups excluding carboxylic acids is 1. The molecule has 0 spiro atoms. The molecule has 1 saturated carbocycles. The molecule has 1 aliphatic rings. The largest absolute Gasteiger partial charge is 0.485 e. The normalized spacial score (nSPS) is 19.8. The molecule has 1 aliphatic carbocycles. The van der Waals surface area contributed by atoms with Gasteiger partial charge in [-0.1, -0.05) is 60.1 Å². The number of hydrogen-bond acceptors (Lipinski definition) is 4. The Morgan fingerprint density at radius 3 is 2.56 bits per heavy atom. The number of para-hydroxylation sites is 1. The minimum absolute atomic E-state index is 0.0864. The maximum atomic E-state index is 14.9. The number of benzene rings is 3. The zero-order chi connectivity index (χ0) is 25.9. The molecule has 190 valence electrons. The van der Waals surface area contributed by atoms with Crippen molar-refractivity contribution in [1.82, 2.24) is 4.72 Å². The second kappa shape index (κ2) is 10.6. The van der Waals surface area contributed by atoms with Gasteiger partial charge in [-0.05, 0) is 55.0 Å². The molecule has 3 N–H and O–H groups in total. The van der Waals surface area contributed by atoms with Crippen LogP contribution in [-0.2, 0) is 27.8 Å². The van der Waals surface area contributed by atoms with Crippen molar-refractivity contribution in [3.8, 4) is 16.9 Å². The average Bonchev–Trinajstić information content (AvgIpc) is 3.22. The van der Waals surface area contributed by atoms with E-state index in [0.717, 1.165) is 17.4 Å². The lowest BCUT2D eigenvalue weighted by Gasteiger charge is -2.26. The van der Waals surface area contributed by atoms with E-state index < -0.39 is 27.2 Å². The summed E-state index contributed by atoms with van der Waals surface area (Å²) in [6.45, 7) is 0.186. The Kier molecular flexibility index (Phi) is 7.68. The Balaban J connectivity index is 1.63. The summed E-state index contributed by atoms with van der Waals surface area (Å²) < 4.78 is 46.7. The summed E-state index contributed by atoms with van der Waals surface area (Å²) in [4.78, 5) is 12.5. The number of nitrogens with one attached hydrogen (secondary N) is 1. The molecule has 3 aromatic rings. The smallest absolute Gasteiger partial charge is 0.224 e. The molecule has 2 atom stereocenters. The SMILES string of the molecule is CS(=O)(=O)N[C@H]1CC[C@](Cc2ccc(Cl)c(-c3cccc(F)c3OCc3ccccc3)c2)(C(N)=O)C1. The summed E-state index contributed by atoms with van der Waals surface area (Å²) >= 11 is 6.54. The van der Waals surface area contributed by atoms with Gasteiger partial charge < -0.3 is 10.5 Å². The molecule has 0 aromatic heterocycles. The second-order valence-electron chi connectivity index (χ2n) is 9.36.